The van der Waals surface area contributed by atoms with Crippen LogP contribution in [0.3, 0.4) is 0 Å². The Balaban J connectivity index is 1.52. The standard InChI is InChI=1S/C18H20N6O/c19-18-22-15-8-10(13-3-4-20-24-13)1-2-11(15)17(23-18)21-14-6-9-5-12(14)16(25)7-9/h1-4,8-9,12,14,16,25H,5-7H2,(H,20,24)(H3,19,21,22,23). The SMILES string of the molecule is Nc1nc(NC2CC3CC(O)C2C3)c2ccc(-c3ccn[nH]3)cc2n1. The molecule has 0 radical (unpaired) electrons. The van der Waals surface area contributed by atoms with Crippen molar-refractivity contribution in [3.8, 4) is 11.3 Å². The average Bonchev–Trinajstić information content (AvgIpc) is 3.30. The van der Waals surface area contributed by atoms with Crippen LogP contribution in [0.2, 0.25) is 0 Å². The van der Waals surface area contributed by atoms with Gasteiger partial charge in [0, 0.05) is 29.1 Å². The summed E-state index contributed by atoms with van der Waals surface area (Å²) in [5.41, 5.74) is 8.68. The summed E-state index contributed by atoms with van der Waals surface area (Å²) in [5.74, 6) is 1.93. The highest BCUT2D eigenvalue weighted by Crippen LogP contribution is 2.46. The number of nitrogens with one attached hydrogen (secondary N) is 2. The molecule has 4 unspecified atom stereocenters. The average molecular weight is 336 g/mol. The molecule has 3 aromatic rings. The minimum absolute atomic E-state index is 0.200. The number of anilines is 2. The minimum Gasteiger partial charge on any atom is -0.393 e. The van der Waals surface area contributed by atoms with Gasteiger partial charge < -0.3 is 16.2 Å². The van der Waals surface area contributed by atoms with Crippen LogP contribution in [0.25, 0.3) is 22.2 Å². The maximum atomic E-state index is 10.2. The number of nitrogens with zero attached hydrogens (tertiary/aromatic N) is 3. The molecular weight excluding hydrogens is 316 g/mol. The number of aromatic nitrogens is 4. The maximum Gasteiger partial charge on any atom is 0.222 e. The van der Waals surface area contributed by atoms with E-state index in [1.807, 2.05) is 24.3 Å². The number of fused-ring (bicyclic) bond motifs is 3. The zero-order valence-corrected chi connectivity index (χ0v) is 13.7. The number of aliphatic hydroxyl groups excluding tert-OH is 1. The third-order valence-electron chi connectivity index (χ3n) is 5.63. The predicted molar refractivity (Wildman–Crippen MR) is 95.8 cm³/mol. The summed E-state index contributed by atoms with van der Waals surface area (Å²) in [6.45, 7) is 0. The zero-order valence-electron chi connectivity index (χ0n) is 13.7. The summed E-state index contributed by atoms with van der Waals surface area (Å²) in [5, 5.41) is 21.6. The molecule has 2 aliphatic carbocycles. The Bertz CT molecular complexity index is 925. The first-order chi connectivity index (χ1) is 12.2. The molecule has 2 aliphatic rings. The molecule has 4 atom stereocenters. The first-order valence-electron chi connectivity index (χ1n) is 8.69. The van der Waals surface area contributed by atoms with Gasteiger partial charge in [0.1, 0.15) is 5.82 Å². The van der Waals surface area contributed by atoms with Gasteiger partial charge in [0.15, 0.2) is 0 Å². The third kappa shape index (κ3) is 2.42. The van der Waals surface area contributed by atoms with Crippen LogP contribution in [0.5, 0.6) is 0 Å². The number of hydrogen-bond acceptors (Lipinski definition) is 6. The van der Waals surface area contributed by atoms with E-state index in [0.29, 0.717) is 11.8 Å². The van der Waals surface area contributed by atoms with E-state index >= 15 is 0 Å². The van der Waals surface area contributed by atoms with Gasteiger partial charge in [-0.1, -0.05) is 6.07 Å². The highest BCUT2D eigenvalue weighted by atomic mass is 16.3. The summed E-state index contributed by atoms with van der Waals surface area (Å²) < 4.78 is 0. The number of nitrogens with two attached hydrogens (primary N) is 1. The molecule has 5 rings (SSSR count). The first kappa shape index (κ1) is 14.7. The number of rotatable bonds is 3. The lowest BCUT2D eigenvalue weighted by molar-refractivity contribution is 0.107. The van der Waals surface area contributed by atoms with Crippen LogP contribution < -0.4 is 11.1 Å². The molecule has 25 heavy (non-hydrogen) atoms. The molecule has 2 bridgehead atoms. The summed E-state index contributed by atoms with van der Waals surface area (Å²) in [6.07, 6.45) is 4.64. The van der Waals surface area contributed by atoms with Crippen LogP contribution in [0.4, 0.5) is 11.8 Å². The zero-order chi connectivity index (χ0) is 17.0. The van der Waals surface area contributed by atoms with E-state index in [1.165, 1.54) is 0 Å². The molecule has 2 aromatic heterocycles. The summed E-state index contributed by atoms with van der Waals surface area (Å²) >= 11 is 0. The summed E-state index contributed by atoms with van der Waals surface area (Å²) in [7, 11) is 0. The minimum atomic E-state index is -0.200. The lowest BCUT2D eigenvalue weighted by Gasteiger charge is -2.27. The van der Waals surface area contributed by atoms with E-state index in [4.69, 9.17) is 5.73 Å². The number of H-pyrrole nitrogens is 1. The van der Waals surface area contributed by atoms with Crippen molar-refractivity contribution in [2.75, 3.05) is 11.1 Å². The van der Waals surface area contributed by atoms with Crippen LogP contribution >= 0.6 is 0 Å². The van der Waals surface area contributed by atoms with Crippen LogP contribution in [-0.2, 0) is 0 Å². The molecule has 2 fully saturated rings. The monoisotopic (exact) mass is 336 g/mol. The summed E-state index contributed by atoms with van der Waals surface area (Å²) in [6, 6.07) is 8.19. The van der Waals surface area contributed by atoms with Crippen molar-refractivity contribution in [1.82, 2.24) is 20.2 Å². The molecule has 5 N–H and O–H groups in total. The summed E-state index contributed by atoms with van der Waals surface area (Å²) in [4.78, 5) is 8.81. The fourth-order valence-electron chi connectivity index (χ4n) is 4.50. The molecule has 7 heteroatoms. The number of nitrogen functional groups attached to an aromatic ring is 1. The second kappa shape index (κ2) is 5.42. The number of benzene rings is 1. The lowest BCUT2D eigenvalue weighted by atomic mass is 9.92. The normalized spacial score (nSPS) is 27.9. The molecule has 0 amide bonds. The number of hydrogen-bond donors (Lipinski definition) is 4. The van der Waals surface area contributed by atoms with Gasteiger partial charge in [0.2, 0.25) is 5.95 Å². The molecule has 7 nitrogen and oxygen atoms in total. The second-order valence-electron chi connectivity index (χ2n) is 7.19. The lowest BCUT2D eigenvalue weighted by Crippen LogP contribution is -2.34. The number of aliphatic hydroxyl groups is 1. The van der Waals surface area contributed by atoms with E-state index in [9.17, 15) is 5.11 Å². The Morgan fingerprint density at radius 3 is 2.84 bits per heavy atom. The van der Waals surface area contributed by atoms with Gasteiger partial charge in [0.05, 0.1) is 17.3 Å². The molecule has 0 aliphatic heterocycles. The highest BCUT2D eigenvalue weighted by Gasteiger charge is 2.45. The van der Waals surface area contributed by atoms with E-state index in [-0.39, 0.29) is 18.1 Å². The number of aromatic amines is 1. The van der Waals surface area contributed by atoms with Gasteiger partial charge in [-0.15, -0.1) is 0 Å². The fraction of sp³-hybridized carbons (Fsp3) is 0.389. The smallest absolute Gasteiger partial charge is 0.222 e. The molecular formula is C18H20N6O. The fourth-order valence-corrected chi connectivity index (χ4v) is 4.50. The van der Waals surface area contributed by atoms with Crippen molar-refractivity contribution >= 4 is 22.7 Å². The Labute approximate surface area is 144 Å². The van der Waals surface area contributed by atoms with Gasteiger partial charge in [-0.25, -0.2) is 4.98 Å². The van der Waals surface area contributed by atoms with Crippen molar-refractivity contribution in [3.63, 3.8) is 0 Å². The quantitative estimate of drug-likeness (QED) is 0.583. The van der Waals surface area contributed by atoms with Crippen molar-refractivity contribution in [1.29, 1.82) is 0 Å². The van der Waals surface area contributed by atoms with Crippen LogP contribution in [0.15, 0.2) is 30.5 Å². The van der Waals surface area contributed by atoms with Gasteiger partial charge in [-0.3, -0.25) is 5.10 Å². The van der Waals surface area contributed by atoms with Crippen molar-refractivity contribution < 1.29 is 5.11 Å². The van der Waals surface area contributed by atoms with Gasteiger partial charge >= 0.3 is 0 Å². The topological polar surface area (TPSA) is 113 Å². The molecule has 0 saturated heterocycles. The Morgan fingerprint density at radius 2 is 2.08 bits per heavy atom. The Kier molecular flexibility index (Phi) is 3.18. The largest absolute Gasteiger partial charge is 0.393 e. The predicted octanol–water partition coefficient (Wildman–Crippen LogP) is 2.17. The maximum absolute atomic E-state index is 10.2. The molecule has 0 spiro atoms. The van der Waals surface area contributed by atoms with E-state index < -0.39 is 0 Å². The first-order valence-corrected chi connectivity index (χ1v) is 8.69. The third-order valence-corrected chi connectivity index (χ3v) is 5.63. The molecule has 2 saturated carbocycles. The second-order valence-corrected chi connectivity index (χ2v) is 7.19. The van der Waals surface area contributed by atoms with E-state index in [1.54, 1.807) is 6.20 Å². The Hall–Kier alpha value is -2.67. The molecule has 2 heterocycles. The highest BCUT2D eigenvalue weighted by molar-refractivity contribution is 5.92. The van der Waals surface area contributed by atoms with E-state index in [2.05, 4.69) is 25.5 Å². The van der Waals surface area contributed by atoms with Gasteiger partial charge in [0.25, 0.3) is 0 Å². The van der Waals surface area contributed by atoms with Crippen molar-refractivity contribution in [2.24, 2.45) is 11.8 Å². The van der Waals surface area contributed by atoms with Gasteiger partial charge in [-0.05, 0) is 43.4 Å². The van der Waals surface area contributed by atoms with Crippen molar-refractivity contribution in [3.05, 3.63) is 30.5 Å². The van der Waals surface area contributed by atoms with Crippen molar-refractivity contribution in [2.45, 2.75) is 31.4 Å². The van der Waals surface area contributed by atoms with Gasteiger partial charge in [-0.2, -0.15) is 10.1 Å². The molecule has 1 aromatic carbocycles. The van der Waals surface area contributed by atoms with E-state index in [0.717, 1.165) is 47.2 Å². The van der Waals surface area contributed by atoms with Crippen LogP contribution in [0.1, 0.15) is 19.3 Å². The van der Waals surface area contributed by atoms with Crippen LogP contribution in [-0.4, -0.2) is 37.4 Å². The Morgan fingerprint density at radius 1 is 1.16 bits per heavy atom. The molecule has 128 valence electrons. The van der Waals surface area contributed by atoms with Crippen LogP contribution in [0, 0.1) is 11.8 Å².